The summed E-state index contributed by atoms with van der Waals surface area (Å²) in [7, 11) is 0. The highest BCUT2D eigenvalue weighted by atomic mass is 35.5. The minimum Gasteiger partial charge on any atom is -0.395 e. The number of fused-ring (bicyclic) bond motifs is 1. The zero-order chi connectivity index (χ0) is 16.2. The molecule has 1 heterocycles. The quantitative estimate of drug-likeness (QED) is 0.677. The lowest BCUT2D eigenvalue weighted by Crippen LogP contribution is -2.17. The fourth-order valence-corrected chi connectivity index (χ4v) is 2.99. The van der Waals surface area contributed by atoms with Crippen LogP contribution in [0, 0.1) is 5.82 Å². The highest BCUT2D eigenvalue weighted by Gasteiger charge is 2.10. The smallest absolute Gasteiger partial charge is 0.123 e. The molecular weight excluding hydrogens is 315 g/mol. The van der Waals surface area contributed by atoms with E-state index < -0.39 is 0 Å². The van der Waals surface area contributed by atoms with Crippen LogP contribution in [0.2, 0.25) is 5.02 Å². The maximum absolute atomic E-state index is 13.0. The molecule has 23 heavy (non-hydrogen) atoms. The summed E-state index contributed by atoms with van der Waals surface area (Å²) in [4.78, 5) is 0. The molecule has 3 nitrogen and oxygen atoms in total. The molecule has 0 saturated carbocycles. The van der Waals surface area contributed by atoms with E-state index in [1.54, 1.807) is 12.1 Å². The molecule has 1 aromatic heterocycles. The molecule has 0 aliphatic carbocycles. The van der Waals surface area contributed by atoms with Gasteiger partial charge >= 0.3 is 0 Å². The van der Waals surface area contributed by atoms with Gasteiger partial charge in [0.15, 0.2) is 0 Å². The first-order valence-electron chi connectivity index (χ1n) is 7.51. The summed E-state index contributed by atoms with van der Waals surface area (Å²) in [5.74, 6) is -0.235. The summed E-state index contributed by atoms with van der Waals surface area (Å²) in [6.07, 6.45) is 2.00. The van der Waals surface area contributed by atoms with Crippen molar-refractivity contribution in [3.05, 3.63) is 70.6 Å². The fourth-order valence-electron chi connectivity index (χ4n) is 2.71. The van der Waals surface area contributed by atoms with Crippen molar-refractivity contribution in [2.24, 2.45) is 0 Å². The first kappa shape index (κ1) is 16.0. The van der Waals surface area contributed by atoms with Crippen LogP contribution in [0.25, 0.3) is 10.9 Å². The number of hydrogen-bond donors (Lipinski definition) is 2. The lowest BCUT2D eigenvalue weighted by molar-refractivity contribution is 0.292. The molecule has 0 aliphatic rings. The Morgan fingerprint density at radius 2 is 1.87 bits per heavy atom. The van der Waals surface area contributed by atoms with Gasteiger partial charge in [-0.25, -0.2) is 4.39 Å². The number of halogens is 2. The molecule has 3 aromatic rings. The van der Waals surface area contributed by atoms with Crippen LogP contribution in [0.5, 0.6) is 0 Å². The molecule has 0 amide bonds. The van der Waals surface area contributed by atoms with Gasteiger partial charge in [0.25, 0.3) is 0 Å². The highest BCUT2D eigenvalue weighted by Crippen LogP contribution is 2.28. The van der Waals surface area contributed by atoms with Crippen LogP contribution in [-0.2, 0) is 13.1 Å². The van der Waals surface area contributed by atoms with Crippen molar-refractivity contribution in [1.82, 2.24) is 9.88 Å². The van der Waals surface area contributed by atoms with E-state index in [0.29, 0.717) is 24.7 Å². The van der Waals surface area contributed by atoms with E-state index in [4.69, 9.17) is 16.7 Å². The van der Waals surface area contributed by atoms with Gasteiger partial charge in [-0.05, 0) is 35.4 Å². The van der Waals surface area contributed by atoms with Crippen LogP contribution in [0.3, 0.4) is 0 Å². The number of rotatable bonds is 6. The molecule has 0 unspecified atom stereocenters. The van der Waals surface area contributed by atoms with Crippen molar-refractivity contribution < 1.29 is 9.50 Å². The zero-order valence-electron chi connectivity index (χ0n) is 12.6. The third-order valence-electron chi connectivity index (χ3n) is 3.84. The zero-order valence-corrected chi connectivity index (χ0v) is 13.4. The predicted molar refractivity (Wildman–Crippen MR) is 91.2 cm³/mol. The van der Waals surface area contributed by atoms with E-state index >= 15 is 0 Å². The average molecular weight is 333 g/mol. The van der Waals surface area contributed by atoms with Crippen LogP contribution in [-0.4, -0.2) is 22.8 Å². The lowest BCUT2D eigenvalue weighted by Gasteiger charge is -2.10. The van der Waals surface area contributed by atoms with E-state index in [2.05, 4.69) is 9.88 Å². The Morgan fingerprint density at radius 1 is 1.09 bits per heavy atom. The Hall–Kier alpha value is -1.88. The molecule has 0 atom stereocenters. The molecule has 0 aliphatic heterocycles. The molecule has 120 valence electrons. The Bertz CT molecular complexity index is 799. The minimum absolute atomic E-state index is 0.113. The monoisotopic (exact) mass is 332 g/mol. The first-order valence-corrected chi connectivity index (χ1v) is 7.89. The van der Waals surface area contributed by atoms with E-state index in [-0.39, 0.29) is 12.4 Å². The molecule has 5 heteroatoms. The Balaban J connectivity index is 1.92. The van der Waals surface area contributed by atoms with Gasteiger partial charge in [0.2, 0.25) is 0 Å². The van der Waals surface area contributed by atoms with Crippen molar-refractivity contribution in [3.8, 4) is 0 Å². The van der Waals surface area contributed by atoms with Crippen LogP contribution in [0.15, 0.2) is 48.7 Å². The van der Waals surface area contributed by atoms with Gasteiger partial charge in [0.05, 0.1) is 17.1 Å². The third-order valence-corrected chi connectivity index (χ3v) is 4.14. The topological polar surface area (TPSA) is 37.2 Å². The predicted octanol–water partition coefficient (Wildman–Crippen LogP) is 3.56. The van der Waals surface area contributed by atoms with Crippen LogP contribution in [0.1, 0.15) is 11.1 Å². The normalized spacial score (nSPS) is 11.3. The lowest BCUT2D eigenvalue weighted by atomic mass is 10.1. The number of aromatic nitrogens is 1. The van der Waals surface area contributed by atoms with Gasteiger partial charge in [-0.15, -0.1) is 0 Å². The van der Waals surface area contributed by atoms with Crippen LogP contribution < -0.4 is 5.32 Å². The van der Waals surface area contributed by atoms with E-state index in [1.165, 1.54) is 12.1 Å². The van der Waals surface area contributed by atoms with E-state index in [0.717, 1.165) is 22.0 Å². The molecule has 0 fully saturated rings. The maximum atomic E-state index is 13.0. The molecule has 2 N–H and O–H groups in total. The second-order valence-electron chi connectivity index (χ2n) is 5.44. The molecule has 0 saturated heterocycles. The number of hydrogen-bond acceptors (Lipinski definition) is 2. The first-order chi connectivity index (χ1) is 11.2. The Morgan fingerprint density at radius 3 is 2.61 bits per heavy atom. The molecule has 3 rings (SSSR count). The van der Waals surface area contributed by atoms with Gasteiger partial charge in [-0.1, -0.05) is 29.8 Å². The highest BCUT2D eigenvalue weighted by molar-refractivity contribution is 6.35. The average Bonchev–Trinajstić information content (AvgIpc) is 2.97. The summed E-state index contributed by atoms with van der Waals surface area (Å²) >= 11 is 6.39. The van der Waals surface area contributed by atoms with Crippen molar-refractivity contribution >= 4 is 22.5 Å². The molecule has 2 aromatic carbocycles. The summed E-state index contributed by atoms with van der Waals surface area (Å²) in [5.41, 5.74) is 3.12. The van der Waals surface area contributed by atoms with Crippen molar-refractivity contribution in [3.63, 3.8) is 0 Å². The van der Waals surface area contributed by atoms with Gasteiger partial charge in [-0.2, -0.15) is 0 Å². The molecular formula is C18H18ClFN2O. The van der Waals surface area contributed by atoms with Gasteiger partial charge < -0.3 is 15.0 Å². The molecule has 0 radical (unpaired) electrons. The number of nitrogens with zero attached hydrogens (tertiary/aromatic N) is 1. The van der Waals surface area contributed by atoms with E-state index in [9.17, 15) is 4.39 Å². The van der Waals surface area contributed by atoms with Crippen LogP contribution in [0.4, 0.5) is 4.39 Å². The SMILES string of the molecule is OCCNCc1ccc(Cl)c2c1ccn2Cc1ccc(F)cc1. The van der Waals surface area contributed by atoms with E-state index in [1.807, 2.05) is 24.4 Å². The third kappa shape index (κ3) is 3.55. The summed E-state index contributed by atoms with van der Waals surface area (Å²) in [5, 5.41) is 13.8. The standard InChI is InChI=1S/C18H18ClFN2O/c19-17-6-3-14(11-21-8-10-23)16-7-9-22(18(16)17)12-13-1-4-15(20)5-2-13/h1-7,9,21,23H,8,10-12H2. The fraction of sp³-hybridized carbons (Fsp3) is 0.222. The number of aliphatic hydroxyl groups is 1. The largest absolute Gasteiger partial charge is 0.395 e. The number of nitrogens with one attached hydrogen (secondary N) is 1. The summed E-state index contributed by atoms with van der Waals surface area (Å²) in [6, 6.07) is 12.4. The summed E-state index contributed by atoms with van der Waals surface area (Å²) < 4.78 is 15.1. The summed E-state index contributed by atoms with van der Waals surface area (Å²) in [6.45, 7) is 1.98. The number of benzene rings is 2. The minimum atomic E-state index is -0.235. The van der Waals surface area contributed by atoms with Crippen LogP contribution >= 0.6 is 11.6 Å². The second kappa shape index (κ2) is 7.13. The Kier molecular flexibility index (Phi) is 4.96. The Labute approximate surface area is 139 Å². The van der Waals surface area contributed by atoms with Crippen molar-refractivity contribution in [2.45, 2.75) is 13.1 Å². The maximum Gasteiger partial charge on any atom is 0.123 e. The molecule has 0 spiro atoms. The second-order valence-corrected chi connectivity index (χ2v) is 5.85. The van der Waals surface area contributed by atoms with Crippen molar-refractivity contribution in [1.29, 1.82) is 0 Å². The van der Waals surface area contributed by atoms with Crippen molar-refractivity contribution in [2.75, 3.05) is 13.2 Å². The van der Waals surface area contributed by atoms with Gasteiger partial charge in [-0.3, -0.25) is 0 Å². The van der Waals surface area contributed by atoms with Gasteiger partial charge in [0.1, 0.15) is 5.82 Å². The van der Waals surface area contributed by atoms with Gasteiger partial charge in [0, 0.05) is 31.2 Å². The number of aliphatic hydroxyl groups excluding tert-OH is 1. The molecule has 0 bridgehead atoms.